The van der Waals surface area contributed by atoms with Gasteiger partial charge < -0.3 is 14.6 Å². The zero-order valence-electron chi connectivity index (χ0n) is 10.6. The second-order valence-electron chi connectivity index (χ2n) is 4.63. The van der Waals surface area contributed by atoms with Crippen molar-refractivity contribution >= 4 is 11.2 Å². The molecular weight excluding hydrogens is 228 g/mol. The number of methoxy groups -OCH3 is 1. The summed E-state index contributed by atoms with van der Waals surface area (Å²) in [6.07, 6.45) is 3.81. The molecule has 0 aliphatic carbocycles. The Labute approximate surface area is 106 Å². The number of pyridine rings is 1. The maximum Gasteiger partial charge on any atom is 0.160 e. The van der Waals surface area contributed by atoms with Crippen LogP contribution >= 0.6 is 0 Å². The third-order valence-electron chi connectivity index (χ3n) is 3.45. The highest BCUT2D eigenvalue weighted by molar-refractivity contribution is 5.71. The molecule has 0 bridgehead atoms. The number of aromatic nitrogens is 3. The Morgan fingerprint density at radius 3 is 3.28 bits per heavy atom. The van der Waals surface area contributed by atoms with Gasteiger partial charge in [0.25, 0.3) is 0 Å². The van der Waals surface area contributed by atoms with Gasteiger partial charge in [-0.05, 0) is 25.1 Å². The van der Waals surface area contributed by atoms with Crippen molar-refractivity contribution < 1.29 is 4.74 Å². The lowest BCUT2D eigenvalue weighted by Crippen LogP contribution is -2.17. The van der Waals surface area contributed by atoms with Crippen LogP contribution in [0.4, 0.5) is 0 Å². The van der Waals surface area contributed by atoms with E-state index >= 15 is 0 Å². The molecule has 3 heterocycles. The third kappa shape index (κ3) is 2.00. The molecule has 1 aliphatic heterocycles. The van der Waals surface area contributed by atoms with Crippen molar-refractivity contribution in [2.24, 2.45) is 0 Å². The van der Waals surface area contributed by atoms with Crippen LogP contribution < -0.4 is 5.32 Å². The summed E-state index contributed by atoms with van der Waals surface area (Å²) in [5.74, 6) is 1.08. The molecule has 5 heteroatoms. The van der Waals surface area contributed by atoms with Crippen molar-refractivity contribution in [2.75, 3.05) is 26.8 Å². The fraction of sp³-hybridized carbons (Fsp3) is 0.538. The molecule has 96 valence electrons. The monoisotopic (exact) mass is 246 g/mol. The number of hydrogen-bond donors (Lipinski definition) is 1. The van der Waals surface area contributed by atoms with Gasteiger partial charge in [-0.2, -0.15) is 0 Å². The van der Waals surface area contributed by atoms with Crippen molar-refractivity contribution in [3.8, 4) is 0 Å². The third-order valence-corrected chi connectivity index (χ3v) is 3.45. The van der Waals surface area contributed by atoms with Gasteiger partial charge in [0, 0.05) is 26.3 Å². The van der Waals surface area contributed by atoms with Gasteiger partial charge in [0.1, 0.15) is 11.3 Å². The summed E-state index contributed by atoms with van der Waals surface area (Å²) < 4.78 is 7.46. The average Bonchev–Trinajstić information content (AvgIpc) is 3.02. The lowest BCUT2D eigenvalue weighted by atomic mass is 10.2. The lowest BCUT2D eigenvalue weighted by molar-refractivity contribution is 0.199. The molecular formula is C13H18N4O. The second kappa shape index (κ2) is 5.04. The van der Waals surface area contributed by atoms with Crippen molar-refractivity contribution in [3.05, 3.63) is 24.2 Å². The van der Waals surface area contributed by atoms with Crippen LogP contribution in [-0.2, 0) is 11.2 Å². The summed E-state index contributed by atoms with van der Waals surface area (Å²) in [5.41, 5.74) is 1.98. The maximum atomic E-state index is 5.17. The summed E-state index contributed by atoms with van der Waals surface area (Å²) in [5, 5.41) is 3.40. The molecule has 1 aliphatic rings. The van der Waals surface area contributed by atoms with Crippen LogP contribution in [-0.4, -0.2) is 41.3 Å². The van der Waals surface area contributed by atoms with E-state index in [1.165, 1.54) is 0 Å². The molecule has 0 spiro atoms. The number of imidazole rings is 1. The number of rotatable bonds is 4. The Bertz CT molecular complexity index is 531. The largest absolute Gasteiger partial charge is 0.384 e. The molecule has 0 radical (unpaired) electrons. The molecule has 0 aromatic carbocycles. The van der Waals surface area contributed by atoms with Gasteiger partial charge in [0.15, 0.2) is 5.65 Å². The molecule has 5 nitrogen and oxygen atoms in total. The summed E-state index contributed by atoms with van der Waals surface area (Å²) >= 11 is 0. The molecule has 0 saturated carbocycles. The van der Waals surface area contributed by atoms with E-state index in [1.54, 1.807) is 7.11 Å². The average molecular weight is 246 g/mol. The quantitative estimate of drug-likeness (QED) is 0.879. The number of nitrogens with zero attached hydrogens (tertiary/aromatic N) is 3. The van der Waals surface area contributed by atoms with Crippen molar-refractivity contribution in [1.82, 2.24) is 19.9 Å². The predicted molar refractivity (Wildman–Crippen MR) is 69.6 cm³/mol. The normalized spacial score (nSPS) is 19.7. The van der Waals surface area contributed by atoms with Crippen molar-refractivity contribution in [2.45, 2.75) is 18.9 Å². The van der Waals surface area contributed by atoms with Gasteiger partial charge in [-0.1, -0.05) is 0 Å². The van der Waals surface area contributed by atoms with E-state index in [0.717, 1.165) is 42.9 Å². The van der Waals surface area contributed by atoms with Gasteiger partial charge in [-0.25, -0.2) is 9.97 Å². The second-order valence-corrected chi connectivity index (χ2v) is 4.63. The first kappa shape index (κ1) is 11.6. The van der Waals surface area contributed by atoms with Gasteiger partial charge in [-0.3, -0.25) is 0 Å². The first-order chi connectivity index (χ1) is 8.90. The van der Waals surface area contributed by atoms with Crippen LogP contribution in [0.5, 0.6) is 0 Å². The van der Waals surface area contributed by atoms with Crippen LogP contribution in [0.1, 0.15) is 18.3 Å². The van der Waals surface area contributed by atoms with Crippen LogP contribution in [0, 0.1) is 0 Å². The highest BCUT2D eigenvalue weighted by Crippen LogP contribution is 2.23. The first-order valence-corrected chi connectivity index (χ1v) is 6.41. The first-order valence-electron chi connectivity index (χ1n) is 6.41. The summed E-state index contributed by atoms with van der Waals surface area (Å²) in [6.45, 7) is 2.77. The van der Waals surface area contributed by atoms with E-state index in [0.29, 0.717) is 12.6 Å². The lowest BCUT2D eigenvalue weighted by Gasteiger charge is -2.14. The van der Waals surface area contributed by atoms with Crippen molar-refractivity contribution in [1.29, 1.82) is 0 Å². The zero-order chi connectivity index (χ0) is 12.4. The van der Waals surface area contributed by atoms with Gasteiger partial charge in [0.05, 0.1) is 12.6 Å². The van der Waals surface area contributed by atoms with Gasteiger partial charge >= 0.3 is 0 Å². The standard InChI is InChI=1S/C13H18N4O/c1-18-8-5-12-16-11-3-2-6-15-13(11)17(12)10-4-7-14-9-10/h2-3,6,10,14H,4-5,7-9H2,1H3. The Morgan fingerprint density at radius 1 is 1.56 bits per heavy atom. The fourth-order valence-corrected chi connectivity index (χ4v) is 2.59. The Balaban J connectivity index is 2.05. The van der Waals surface area contributed by atoms with E-state index in [2.05, 4.69) is 19.9 Å². The number of fused-ring (bicyclic) bond motifs is 1. The molecule has 3 rings (SSSR count). The van der Waals surface area contributed by atoms with Gasteiger partial charge in [-0.15, -0.1) is 0 Å². The van der Waals surface area contributed by atoms with Crippen LogP contribution in [0.15, 0.2) is 18.3 Å². The summed E-state index contributed by atoms with van der Waals surface area (Å²) in [6, 6.07) is 4.43. The van der Waals surface area contributed by atoms with E-state index in [9.17, 15) is 0 Å². The van der Waals surface area contributed by atoms with E-state index in [-0.39, 0.29) is 0 Å². The molecule has 1 N–H and O–H groups in total. The number of hydrogen-bond acceptors (Lipinski definition) is 4. The number of ether oxygens (including phenoxy) is 1. The van der Waals surface area contributed by atoms with E-state index in [4.69, 9.17) is 4.74 Å². The molecule has 18 heavy (non-hydrogen) atoms. The summed E-state index contributed by atoms with van der Waals surface area (Å²) in [4.78, 5) is 9.17. The highest BCUT2D eigenvalue weighted by atomic mass is 16.5. The van der Waals surface area contributed by atoms with Crippen LogP contribution in [0.3, 0.4) is 0 Å². The minimum Gasteiger partial charge on any atom is -0.384 e. The topological polar surface area (TPSA) is 52.0 Å². The predicted octanol–water partition coefficient (Wildman–Crippen LogP) is 1.15. The van der Waals surface area contributed by atoms with E-state index in [1.807, 2.05) is 18.3 Å². The molecule has 2 aromatic rings. The molecule has 1 fully saturated rings. The Hall–Kier alpha value is -1.46. The molecule has 1 atom stereocenters. The molecule has 1 unspecified atom stereocenters. The maximum absolute atomic E-state index is 5.17. The Morgan fingerprint density at radius 2 is 2.50 bits per heavy atom. The van der Waals surface area contributed by atoms with Gasteiger partial charge in [0.2, 0.25) is 0 Å². The Kier molecular flexibility index (Phi) is 3.25. The smallest absolute Gasteiger partial charge is 0.160 e. The van der Waals surface area contributed by atoms with Crippen molar-refractivity contribution in [3.63, 3.8) is 0 Å². The number of nitrogens with one attached hydrogen (secondary N) is 1. The van der Waals surface area contributed by atoms with Crippen LogP contribution in [0.2, 0.25) is 0 Å². The van der Waals surface area contributed by atoms with E-state index < -0.39 is 0 Å². The molecule has 2 aromatic heterocycles. The molecule has 0 amide bonds. The minimum atomic E-state index is 0.469. The minimum absolute atomic E-state index is 0.469. The summed E-state index contributed by atoms with van der Waals surface area (Å²) in [7, 11) is 1.72. The van der Waals surface area contributed by atoms with Crippen LogP contribution in [0.25, 0.3) is 11.2 Å². The molecule has 1 saturated heterocycles. The fourth-order valence-electron chi connectivity index (χ4n) is 2.59. The highest BCUT2D eigenvalue weighted by Gasteiger charge is 2.22. The SMILES string of the molecule is COCCc1nc2cccnc2n1C1CCNC1. The zero-order valence-corrected chi connectivity index (χ0v) is 10.6.